The Morgan fingerprint density at radius 1 is 1.55 bits per heavy atom. The summed E-state index contributed by atoms with van der Waals surface area (Å²) in [5.41, 5.74) is 7.00. The van der Waals surface area contributed by atoms with E-state index in [2.05, 4.69) is 22.1 Å². The number of carbonyl (C=O) groups is 1. The molecule has 6 heteroatoms. The van der Waals surface area contributed by atoms with Gasteiger partial charge in [0.2, 0.25) is 5.76 Å². The number of benzene rings is 1. The van der Waals surface area contributed by atoms with Crippen molar-refractivity contribution in [3.63, 3.8) is 0 Å². The monoisotopic (exact) mass is 289 g/mol. The predicted molar refractivity (Wildman–Crippen MR) is 76.6 cm³/mol. The minimum Gasteiger partial charge on any atom is -0.438 e. The van der Waals surface area contributed by atoms with E-state index in [4.69, 9.17) is 21.8 Å². The Kier molecular flexibility index (Phi) is 4.41. The van der Waals surface area contributed by atoms with Gasteiger partial charge in [0.05, 0.1) is 22.9 Å². The van der Waals surface area contributed by atoms with Crippen LogP contribution in [-0.4, -0.2) is 17.4 Å². The van der Waals surface area contributed by atoms with Gasteiger partial charge in [0.1, 0.15) is 0 Å². The van der Waals surface area contributed by atoms with Crippen LogP contribution in [0, 0.1) is 18.8 Å². The van der Waals surface area contributed by atoms with Crippen molar-refractivity contribution in [2.75, 3.05) is 11.9 Å². The number of carbonyl (C=O) groups excluding carboxylic acids is 1. The van der Waals surface area contributed by atoms with Crippen LogP contribution in [-0.2, 0) is 0 Å². The summed E-state index contributed by atoms with van der Waals surface area (Å²) in [6.07, 6.45) is 1.22. The third-order valence-electron chi connectivity index (χ3n) is 2.50. The van der Waals surface area contributed by atoms with E-state index in [9.17, 15) is 4.79 Å². The molecule has 0 aliphatic carbocycles. The molecule has 5 nitrogen and oxygen atoms in total. The largest absolute Gasteiger partial charge is 0.438 e. The van der Waals surface area contributed by atoms with Crippen molar-refractivity contribution in [3.05, 3.63) is 46.6 Å². The van der Waals surface area contributed by atoms with E-state index in [1.807, 2.05) is 0 Å². The lowest BCUT2D eigenvalue weighted by molar-refractivity contribution is 0.0996. The lowest BCUT2D eigenvalue weighted by Crippen LogP contribution is -2.12. The van der Waals surface area contributed by atoms with Gasteiger partial charge in [0, 0.05) is 5.56 Å². The van der Waals surface area contributed by atoms with Crippen molar-refractivity contribution in [3.8, 4) is 11.8 Å². The molecule has 1 amide bonds. The summed E-state index contributed by atoms with van der Waals surface area (Å²) in [6, 6.07) is 5.08. The van der Waals surface area contributed by atoms with Gasteiger partial charge in [0.15, 0.2) is 6.39 Å². The first-order valence-electron chi connectivity index (χ1n) is 5.81. The minimum absolute atomic E-state index is 0.152. The standard InChI is InChI=1S/C14H12ClN3O2/c1-9-13(20-8-17-9)14(19)18-12-7-10(3-2-6-16)4-5-11(12)15/h4-5,7-8H,6,16H2,1H3,(H,18,19). The van der Waals surface area contributed by atoms with Crippen molar-refractivity contribution in [1.29, 1.82) is 0 Å². The zero-order valence-corrected chi connectivity index (χ0v) is 11.5. The summed E-state index contributed by atoms with van der Waals surface area (Å²) in [5, 5.41) is 3.08. The number of oxazole rings is 1. The third-order valence-corrected chi connectivity index (χ3v) is 2.83. The van der Waals surface area contributed by atoms with E-state index < -0.39 is 5.91 Å². The van der Waals surface area contributed by atoms with Crippen molar-refractivity contribution >= 4 is 23.2 Å². The maximum atomic E-state index is 12.0. The van der Waals surface area contributed by atoms with Gasteiger partial charge in [-0.1, -0.05) is 23.4 Å². The van der Waals surface area contributed by atoms with Gasteiger partial charge in [-0.3, -0.25) is 4.79 Å². The van der Waals surface area contributed by atoms with E-state index in [-0.39, 0.29) is 12.3 Å². The molecule has 0 aliphatic rings. The molecule has 0 saturated carbocycles. The fraction of sp³-hybridized carbons (Fsp3) is 0.143. The number of nitrogens with one attached hydrogen (secondary N) is 1. The van der Waals surface area contributed by atoms with Crippen LogP contribution in [0.2, 0.25) is 5.02 Å². The molecular formula is C14H12ClN3O2. The summed E-state index contributed by atoms with van der Waals surface area (Å²) >= 11 is 6.04. The smallest absolute Gasteiger partial charge is 0.293 e. The molecule has 20 heavy (non-hydrogen) atoms. The highest BCUT2D eigenvalue weighted by Crippen LogP contribution is 2.23. The molecule has 0 atom stereocenters. The van der Waals surface area contributed by atoms with Crippen molar-refractivity contribution in [2.24, 2.45) is 5.73 Å². The van der Waals surface area contributed by atoms with Gasteiger partial charge in [-0.2, -0.15) is 0 Å². The summed E-state index contributed by atoms with van der Waals surface area (Å²) in [7, 11) is 0. The molecule has 1 aromatic heterocycles. The molecule has 1 heterocycles. The lowest BCUT2D eigenvalue weighted by Gasteiger charge is -2.06. The maximum Gasteiger partial charge on any atom is 0.293 e. The van der Waals surface area contributed by atoms with E-state index in [1.165, 1.54) is 6.39 Å². The first-order valence-corrected chi connectivity index (χ1v) is 6.19. The summed E-state index contributed by atoms with van der Waals surface area (Å²) in [4.78, 5) is 15.9. The van der Waals surface area contributed by atoms with Crippen molar-refractivity contribution in [1.82, 2.24) is 4.98 Å². The number of rotatable bonds is 2. The van der Waals surface area contributed by atoms with Crippen LogP contribution in [0.4, 0.5) is 5.69 Å². The molecule has 0 saturated heterocycles. The number of aryl methyl sites for hydroxylation is 1. The maximum absolute atomic E-state index is 12.0. The molecule has 2 aromatic rings. The Labute approximate surface area is 121 Å². The highest BCUT2D eigenvalue weighted by atomic mass is 35.5. The molecule has 1 aromatic carbocycles. The molecule has 0 bridgehead atoms. The van der Waals surface area contributed by atoms with Crippen LogP contribution in [0.5, 0.6) is 0 Å². The number of hydrogen-bond donors (Lipinski definition) is 2. The van der Waals surface area contributed by atoms with Gasteiger partial charge >= 0.3 is 0 Å². The van der Waals surface area contributed by atoms with Crippen LogP contribution in [0.25, 0.3) is 0 Å². The SMILES string of the molecule is Cc1ncoc1C(=O)Nc1cc(C#CCN)ccc1Cl. The van der Waals surface area contributed by atoms with Gasteiger partial charge in [-0.05, 0) is 25.1 Å². The number of nitrogens with zero attached hydrogens (tertiary/aromatic N) is 1. The van der Waals surface area contributed by atoms with Crippen molar-refractivity contribution < 1.29 is 9.21 Å². The number of halogens is 1. The topological polar surface area (TPSA) is 81.2 Å². The molecule has 0 unspecified atom stereocenters. The first-order chi connectivity index (χ1) is 9.61. The molecule has 0 fully saturated rings. The average molecular weight is 290 g/mol. The van der Waals surface area contributed by atoms with E-state index in [0.717, 1.165) is 0 Å². The van der Waals surface area contributed by atoms with E-state index in [0.29, 0.717) is 22.0 Å². The fourth-order valence-electron chi connectivity index (χ4n) is 1.55. The molecule has 0 radical (unpaired) electrons. The van der Waals surface area contributed by atoms with E-state index >= 15 is 0 Å². The van der Waals surface area contributed by atoms with Crippen LogP contribution in [0.1, 0.15) is 21.8 Å². The number of nitrogens with two attached hydrogens (primary N) is 1. The summed E-state index contributed by atoms with van der Waals surface area (Å²) < 4.78 is 5.02. The van der Waals surface area contributed by atoms with Crippen LogP contribution in [0.3, 0.4) is 0 Å². The van der Waals surface area contributed by atoms with Crippen molar-refractivity contribution in [2.45, 2.75) is 6.92 Å². The average Bonchev–Trinajstić information content (AvgIpc) is 2.86. The Hall–Kier alpha value is -2.29. The highest BCUT2D eigenvalue weighted by Gasteiger charge is 2.15. The van der Waals surface area contributed by atoms with Gasteiger partial charge in [-0.15, -0.1) is 0 Å². The highest BCUT2D eigenvalue weighted by molar-refractivity contribution is 6.34. The minimum atomic E-state index is -0.411. The molecule has 0 spiro atoms. The predicted octanol–water partition coefficient (Wildman–Crippen LogP) is 2.20. The number of hydrogen-bond acceptors (Lipinski definition) is 4. The lowest BCUT2D eigenvalue weighted by atomic mass is 10.2. The molecule has 2 rings (SSSR count). The second-order valence-electron chi connectivity index (χ2n) is 3.92. The van der Waals surface area contributed by atoms with E-state index in [1.54, 1.807) is 25.1 Å². The molecular weight excluding hydrogens is 278 g/mol. The quantitative estimate of drug-likeness (QED) is 0.831. The summed E-state index contributed by atoms with van der Waals surface area (Å²) in [5.74, 6) is 5.35. The summed E-state index contributed by atoms with van der Waals surface area (Å²) in [6.45, 7) is 1.95. The van der Waals surface area contributed by atoms with Gasteiger partial charge in [0.25, 0.3) is 5.91 Å². The second kappa shape index (κ2) is 6.24. The van der Waals surface area contributed by atoms with Crippen LogP contribution >= 0.6 is 11.6 Å². The zero-order chi connectivity index (χ0) is 14.5. The molecule has 3 N–H and O–H groups in total. The Balaban J connectivity index is 2.25. The fourth-order valence-corrected chi connectivity index (χ4v) is 1.72. The number of aromatic nitrogens is 1. The Bertz CT molecular complexity index is 698. The van der Waals surface area contributed by atoms with Crippen LogP contribution < -0.4 is 11.1 Å². The normalized spacial score (nSPS) is 9.75. The molecule has 0 aliphatic heterocycles. The van der Waals surface area contributed by atoms with Gasteiger partial charge < -0.3 is 15.5 Å². The Morgan fingerprint density at radius 3 is 3.00 bits per heavy atom. The number of amides is 1. The first kappa shape index (κ1) is 14.1. The van der Waals surface area contributed by atoms with Gasteiger partial charge in [-0.25, -0.2) is 4.98 Å². The second-order valence-corrected chi connectivity index (χ2v) is 4.33. The molecule has 102 valence electrons. The third kappa shape index (κ3) is 3.18. The number of anilines is 1. The Morgan fingerprint density at radius 2 is 2.35 bits per heavy atom. The zero-order valence-electron chi connectivity index (χ0n) is 10.7. The van der Waals surface area contributed by atoms with Crippen LogP contribution in [0.15, 0.2) is 29.0 Å².